The SMILES string of the molecule is CC(C)(NC(=O)c1ccc(N2CCCC2)nn1)c1cn(-c2ccccc2)nn1. The number of carbonyl (C=O) groups is 1. The number of carbonyl (C=O) groups excluding carboxylic acids is 1. The average Bonchev–Trinajstić information content (AvgIpc) is 3.41. The van der Waals surface area contributed by atoms with E-state index in [1.807, 2.05) is 56.4 Å². The minimum absolute atomic E-state index is 0.284. The van der Waals surface area contributed by atoms with Gasteiger partial charge in [-0.15, -0.1) is 15.3 Å². The molecule has 8 nitrogen and oxygen atoms in total. The molecule has 3 heterocycles. The molecule has 1 aromatic carbocycles. The number of rotatable bonds is 5. The Morgan fingerprint density at radius 3 is 2.43 bits per heavy atom. The molecule has 2 aromatic heterocycles. The van der Waals surface area contributed by atoms with E-state index in [0.29, 0.717) is 5.69 Å². The highest BCUT2D eigenvalue weighted by Gasteiger charge is 2.28. The van der Waals surface area contributed by atoms with E-state index in [9.17, 15) is 4.79 Å². The van der Waals surface area contributed by atoms with Gasteiger partial charge in [0.25, 0.3) is 5.91 Å². The molecule has 0 bridgehead atoms. The summed E-state index contributed by atoms with van der Waals surface area (Å²) >= 11 is 0. The minimum atomic E-state index is -0.709. The van der Waals surface area contributed by atoms with Gasteiger partial charge in [-0.2, -0.15) is 0 Å². The molecular weight excluding hydrogens is 354 g/mol. The first-order valence-corrected chi connectivity index (χ1v) is 9.42. The first-order chi connectivity index (χ1) is 13.5. The summed E-state index contributed by atoms with van der Waals surface area (Å²) in [5.74, 6) is 0.527. The van der Waals surface area contributed by atoms with Crippen molar-refractivity contribution >= 4 is 11.7 Å². The molecule has 4 rings (SSSR count). The van der Waals surface area contributed by atoms with Gasteiger partial charge in [-0.25, -0.2) is 4.68 Å². The Bertz CT molecular complexity index is 944. The van der Waals surface area contributed by atoms with Gasteiger partial charge in [0.15, 0.2) is 11.5 Å². The highest BCUT2D eigenvalue weighted by molar-refractivity contribution is 5.92. The molecule has 0 saturated carbocycles. The second-order valence-electron chi connectivity index (χ2n) is 7.43. The van der Waals surface area contributed by atoms with Crippen molar-refractivity contribution < 1.29 is 4.79 Å². The van der Waals surface area contributed by atoms with Crippen LogP contribution in [-0.2, 0) is 5.54 Å². The van der Waals surface area contributed by atoms with Crippen LogP contribution in [0.25, 0.3) is 5.69 Å². The van der Waals surface area contributed by atoms with Crippen LogP contribution in [0.1, 0.15) is 42.9 Å². The van der Waals surface area contributed by atoms with Crippen molar-refractivity contribution in [3.63, 3.8) is 0 Å². The van der Waals surface area contributed by atoms with Crippen LogP contribution in [0.15, 0.2) is 48.7 Å². The zero-order valence-electron chi connectivity index (χ0n) is 16.0. The van der Waals surface area contributed by atoms with E-state index in [-0.39, 0.29) is 11.6 Å². The summed E-state index contributed by atoms with van der Waals surface area (Å²) in [4.78, 5) is 14.8. The van der Waals surface area contributed by atoms with E-state index in [2.05, 4.69) is 30.7 Å². The number of aromatic nitrogens is 5. The zero-order valence-corrected chi connectivity index (χ0v) is 16.0. The smallest absolute Gasteiger partial charge is 0.272 e. The van der Waals surface area contributed by atoms with E-state index in [0.717, 1.165) is 24.6 Å². The third kappa shape index (κ3) is 3.71. The van der Waals surface area contributed by atoms with E-state index in [1.165, 1.54) is 12.8 Å². The lowest BCUT2D eigenvalue weighted by molar-refractivity contribution is 0.0904. The van der Waals surface area contributed by atoms with Gasteiger partial charge >= 0.3 is 0 Å². The Morgan fingerprint density at radius 1 is 1.00 bits per heavy atom. The van der Waals surface area contributed by atoms with Gasteiger partial charge in [0.1, 0.15) is 5.69 Å². The molecule has 0 aliphatic carbocycles. The van der Waals surface area contributed by atoms with E-state index in [4.69, 9.17) is 0 Å². The summed E-state index contributed by atoms with van der Waals surface area (Å²) in [6, 6.07) is 13.3. The molecule has 1 aliphatic rings. The van der Waals surface area contributed by atoms with Gasteiger partial charge in [0.2, 0.25) is 0 Å². The Labute approximate surface area is 163 Å². The zero-order chi connectivity index (χ0) is 19.6. The molecule has 1 fully saturated rings. The van der Waals surface area contributed by atoms with Crippen LogP contribution in [-0.4, -0.2) is 44.2 Å². The van der Waals surface area contributed by atoms with Crippen molar-refractivity contribution in [2.45, 2.75) is 32.2 Å². The standard InChI is InChI=1S/C20H23N7O/c1-20(2,17-14-27(25-23-17)15-8-4-3-5-9-15)21-19(28)16-10-11-18(24-22-16)26-12-6-7-13-26/h3-5,8-11,14H,6-7,12-13H2,1-2H3,(H,21,28). The molecule has 3 aromatic rings. The van der Waals surface area contributed by atoms with Gasteiger partial charge in [0, 0.05) is 13.1 Å². The Morgan fingerprint density at radius 2 is 1.75 bits per heavy atom. The third-order valence-electron chi connectivity index (χ3n) is 4.89. The topological polar surface area (TPSA) is 88.8 Å². The fraction of sp³-hybridized carbons (Fsp3) is 0.350. The Hall–Kier alpha value is -3.29. The number of para-hydroxylation sites is 1. The van der Waals surface area contributed by atoms with Crippen LogP contribution in [0.3, 0.4) is 0 Å². The maximum atomic E-state index is 12.7. The first-order valence-electron chi connectivity index (χ1n) is 9.42. The van der Waals surface area contributed by atoms with Crippen LogP contribution in [0.2, 0.25) is 0 Å². The van der Waals surface area contributed by atoms with Crippen LogP contribution in [0.5, 0.6) is 0 Å². The predicted molar refractivity (Wildman–Crippen MR) is 105 cm³/mol. The highest BCUT2D eigenvalue weighted by Crippen LogP contribution is 2.20. The third-order valence-corrected chi connectivity index (χ3v) is 4.89. The Balaban J connectivity index is 1.46. The maximum Gasteiger partial charge on any atom is 0.272 e. The summed E-state index contributed by atoms with van der Waals surface area (Å²) in [6.45, 7) is 5.75. The summed E-state index contributed by atoms with van der Waals surface area (Å²) < 4.78 is 1.69. The van der Waals surface area contributed by atoms with Crippen molar-refractivity contribution in [3.05, 3.63) is 60.0 Å². The van der Waals surface area contributed by atoms with Gasteiger partial charge in [0.05, 0.1) is 17.4 Å². The van der Waals surface area contributed by atoms with Crippen molar-refractivity contribution in [1.82, 2.24) is 30.5 Å². The molecule has 1 saturated heterocycles. The number of hydrogen-bond acceptors (Lipinski definition) is 6. The fourth-order valence-corrected chi connectivity index (χ4v) is 3.23. The number of benzene rings is 1. The molecule has 0 radical (unpaired) electrons. The Kier molecular flexibility index (Phi) is 4.77. The number of nitrogens with one attached hydrogen (secondary N) is 1. The summed E-state index contributed by atoms with van der Waals surface area (Å²) in [5.41, 5.74) is 1.14. The van der Waals surface area contributed by atoms with Crippen LogP contribution in [0.4, 0.5) is 5.82 Å². The van der Waals surface area contributed by atoms with Crippen LogP contribution < -0.4 is 10.2 Å². The maximum absolute atomic E-state index is 12.7. The molecule has 1 N–H and O–H groups in total. The second-order valence-corrected chi connectivity index (χ2v) is 7.43. The van der Waals surface area contributed by atoms with Gasteiger partial charge in [-0.05, 0) is 51.0 Å². The molecule has 0 unspecified atom stereocenters. The molecular formula is C20H23N7O. The molecule has 28 heavy (non-hydrogen) atoms. The quantitative estimate of drug-likeness (QED) is 0.734. The summed E-state index contributed by atoms with van der Waals surface area (Å²) in [6.07, 6.45) is 4.15. The highest BCUT2D eigenvalue weighted by atomic mass is 16.2. The number of nitrogens with zero attached hydrogens (tertiary/aromatic N) is 6. The lowest BCUT2D eigenvalue weighted by atomic mass is 10.0. The molecule has 8 heteroatoms. The molecule has 1 amide bonds. The second kappa shape index (κ2) is 7.38. The minimum Gasteiger partial charge on any atom is -0.355 e. The van der Waals surface area contributed by atoms with Crippen LogP contribution >= 0.6 is 0 Å². The van der Waals surface area contributed by atoms with E-state index < -0.39 is 5.54 Å². The van der Waals surface area contributed by atoms with E-state index >= 15 is 0 Å². The van der Waals surface area contributed by atoms with Crippen molar-refractivity contribution in [1.29, 1.82) is 0 Å². The molecule has 0 atom stereocenters. The summed E-state index contributed by atoms with van der Waals surface area (Å²) in [7, 11) is 0. The first kappa shape index (κ1) is 18.1. The van der Waals surface area contributed by atoms with Crippen molar-refractivity contribution in [2.75, 3.05) is 18.0 Å². The molecule has 1 aliphatic heterocycles. The lowest BCUT2D eigenvalue weighted by Gasteiger charge is -2.23. The van der Waals surface area contributed by atoms with Crippen LogP contribution in [0, 0.1) is 0 Å². The largest absolute Gasteiger partial charge is 0.355 e. The number of amides is 1. The summed E-state index contributed by atoms with van der Waals surface area (Å²) in [5, 5.41) is 19.7. The lowest BCUT2D eigenvalue weighted by Crippen LogP contribution is -2.41. The fourth-order valence-electron chi connectivity index (χ4n) is 3.23. The predicted octanol–water partition coefficient (Wildman–Crippen LogP) is 2.32. The van der Waals surface area contributed by atoms with Gasteiger partial charge in [-0.1, -0.05) is 23.4 Å². The molecule has 144 valence electrons. The van der Waals surface area contributed by atoms with Gasteiger partial charge < -0.3 is 10.2 Å². The normalized spacial score (nSPS) is 14.3. The molecule has 0 spiro atoms. The van der Waals surface area contributed by atoms with Crippen molar-refractivity contribution in [2.24, 2.45) is 0 Å². The number of anilines is 1. The monoisotopic (exact) mass is 377 g/mol. The number of hydrogen-bond donors (Lipinski definition) is 1. The van der Waals surface area contributed by atoms with Crippen molar-refractivity contribution in [3.8, 4) is 5.69 Å². The van der Waals surface area contributed by atoms with E-state index in [1.54, 1.807) is 10.7 Å². The average molecular weight is 377 g/mol. The van der Waals surface area contributed by atoms with Gasteiger partial charge in [-0.3, -0.25) is 4.79 Å².